The van der Waals surface area contributed by atoms with E-state index in [1.54, 1.807) is 42.5 Å². The lowest BCUT2D eigenvalue weighted by molar-refractivity contribution is -0.120. The lowest BCUT2D eigenvalue weighted by atomic mass is 10.0. The highest BCUT2D eigenvalue weighted by Crippen LogP contribution is 2.28. The zero-order valence-electron chi connectivity index (χ0n) is 19.0. The molecule has 0 fully saturated rings. The number of carbonyl (C=O) groups excluding carboxylic acids is 1. The van der Waals surface area contributed by atoms with E-state index in [1.807, 2.05) is 51.1 Å². The largest absolute Gasteiger partial charge is 0.348 e. The molecule has 32 heavy (non-hydrogen) atoms. The van der Waals surface area contributed by atoms with Crippen molar-refractivity contribution < 1.29 is 13.2 Å². The van der Waals surface area contributed by atoms with Gasteiger partial charge in [-0.25, -0.2) is 8.42 Å². The minimum atomic E-state index is -3.93. The normalized spacial score (nSPS) is 12.2. The third-order valence-electron chi connectivity index (χ3n) is 5.73. The Morgan fingerprint density at radius 2 is 1.59 bits per heavy atom. The zero-order chi connectivity index (χ0) is 23.3. The van der Waals surface area contributed by atoms with E-state index in [1.165, 1.54) is 9.87 Å². The van der Waals surface area contributed by atoms with Crippen molar-refractivity contribution >= 4 is 21.6 Å². The summed E-state index contributed by atoms with van der Waals surface area (Å²) < 4.78 is 28.2. The number of carbonyl (C=O) groups is 1. The maximum Gasteiger partial charge on any atom is 0.264 e. The monoisotopic (exact) mass is 450 g/mol. The number of nitrogens with zero attached hydrogens (tertiary/aromatic N) is 1. The van der Waals surface area contributed by atoms with Gasteiger partial charge in [-0.05, 0) is 67.6 Å². The van der Waals surface area contributed by atoms with Gasteiger partial charge in [0.2, 0.25) is 5.91 Å². The molecule has 3 aromatic carbocycles. The Morgan fingerprint density at radius 1 is 0.938 bits per heavy atom. The van der Waals surface area contributed by atoms with E-state index < -0.39 is 10.0 Å². The molecule has 0 saturated carbocycles. The van der Waals surface area contributed by atoms with E-state index in [4.69, 9.17) is 0 Å². The van der Waals surface area contributed by atoms with Gasteiger partial charge < -0.3 is 5.32 Å². The van der Waals surface area contributed by atoms with E-state index in [-0.39, 0.29) is 23.4 Å². The molecular formula is C26H30N2O3S. The Morgan fingerprint density at radius 3 is 2.22 bits per heavy atom. The van der Waals surface area contributed by atoms with Gasteiger partial charge in [-0.3, -0.25) is 9.10 Å². The average molecular weight is 451 g/mol. The van der Waals surface area contributed by atoms with Crippen LogP contribution in [0, 0.1) is 13.8 Å². The molecule has 1 amide bonds. The highest BCUT2D eigenvalue weighted by atomic mass is 32.2. The Bertz CT molecular complexity index is 1170. The van der Waals surface area contributed by atoms with Crippen LogP contribution in [0.4, 0.5) is 5.69 Å². The van der Waals surface area contributed by atoms with Crippen molar-refractivity contribution in [2.75, 3.05) is 10.8 Å². The molecule has 0 heterocycles. The second-order valence-corrected chi connectivity index (χ2v) is 9.79. The van der Waals surface area contributed by atoms with Crippen LogP contribution in [0.3, 0.4) is 0 Å². The van der Waals surface area contributed by atoms with Gasteiger partial charge in [-0.2, -0.15) is 0 Å². The number of hydrogen-bond acceptors (Lipinski definition) is 3. The summed E-state index contributed by atoms with van der Waals surface area (Å²) in [6.45, 7) is 7.48. The quantitative estimate of drug-likeness (QED) is 0.529. The summed E-state index contributed by atoms with van der Waals surface area (Å²) in [5.41, 5.74) is 4.48. The number of aryl methyl sites for hydroxylation is 2. The van der Waals surface area contributed by atoms with Crippen LogP contribution in [0.2, 0.25) is 0 Å². The first-order valence-corrected chi connectivity index (χ1v) is 12.2. The summed E-state index contributed by atoms with van der Waals surface area (Å²) in [6.07, 6.45) is 0.948. The number of benzene rings is 3. The summed E-state index contributed by atoms with van der Waals surface area (Å²) in [5.74, 6) is -0.363. The fraction of sp³-hybridized carbons (Fsp3) is 0.269. The molecule has 1 unspecified atom stereocenters. The van der Waals surface area contributed by atoms with Crippen LogP contribution >= 0.6 is 0 Å². The number of anilines is 1. The minimum Gasteiger partial charge on any atom is -0.348 e. The van der Waals surface area contributed by atoms with Crippen molar-refractivity contribution in [2.45, 2.75) is 45.1 Å². The molecule has 0 aliphatic heterocycles. The van der Waals surface area contributed by atoms with Gasteiger partial charge in [0.05, 0.1) is 16.6 Å². The standard InChI is InChI=1S/C26H30N2O3S/c1-5-22-14-16-23(17-15-22)21(4)27-26(29)18-28(25-13-9-10-19(2)20(25)3)32(30,31)24-11-7-6-8-12-24/h6-17,21H,5,18H2,1-4H3,(H,27,29). The predicted octanol–water partition coefficient (Wildman–Crippen LogP) is 4.94. The smallest absolute Gasteiger partial charge is 0.264 e. The average Bonchev–Trinajstić information content (AvgIpc) is 2.80. The zero-order valence-corrected chi connectivity index (χ0v) is 19.8. The fourth-order valence-corrected chi connectivity index (χ4v) is 5.07. The van der Waals surface area contributed by atoms with Crippen LogP contribution in [0.15, 0.2) is 77.7 Å². The molecule has 0 radical (unpaired) electrons. The topological polar surface area (TPSA) is 66.5 Å². The van der Waals surface area contributed by atoms with Crippen molar-refractivity contribution in [2.24, 2.45) is 0 Å². The van der Waals surface area contributed by atoms with Gasteiger partial charge in [-0.15, -0.1) is 0 Å². The van der Waals surface area contributed by atoms with Gasteiger partial charge in [0, 0.05) is 0 Å². The van der Waals surface area contributed by atoms with Gasteiger partial charge in [0.15, 0.2) is 0 Å². The van der Waals surface area contributed by atoms with Gasteiger partial charge in [-0.1, -0.05) is 61.5 Å². The summed E-state index contributed by atoms with van der Waals surface area (Å²) in [4.78, 5) is 13.1. The Kier molecular flexibility index (Phi) is 7.36. The number of rotatable bonds is 8. The molecule has 0 aliphatic rings. The van der Waals surface area contributed by atoms with Crippen LogP contribution < -0.4 is 9.62 Å². The first kappa shape index (κ1) is 23.5. The Hall–Kier alpha value is -3.12. The first-order valence-electron chi connectivity index (χ1n) is 10.8. The second-order valence-electron chi connectivity index (χ2n) is 7.93. The molecule has 5 nitrogen and oxygen atoms in total. The van der Waals surface area contributed by atoms with Crippen LogP contribution in [-0.4, -0.2) is 20.9 Å². The van der Waals surface area contributed by atoms with Crippen molar-refractivity contribution in [1.29, 1.82) is 0 Å². The highest BCUT2D eigenvalue weighted by Gasteiger charge is 2.28. The van der Waals surface area contributed by atoms with E-state index in [0.29, 0.717) is 5.69 Å². The van der Waals surface area contributed by atoms with Crippen molar-refractivity contribution in [3.63, 3.8) is 0 Å². The molecule has 0 aliphatic carbocycles. The van der Waals surface area contributed by atoms with E-state index in [0.717, 1.165) is 23.1 Å². The van der Waals surface area contributed by atoms with Gasteiger partial charge >= 0.3 is 0 Å². The SMILES string of the molecule is CCc1ccc(C(C)NC(=O)CN(c2cccc(C)c2C)S(=O)(=O)c2ccccc2)cc1. The van der Waals surface area contributed by atoms with Gasteiger partial charge in [0.1, 0.15) is 6.54 Å². The Balaban J connectivity index is 1.90. The first-order chi connectivity index (χ1) is 15.2. The van der Waals surface area contributed by atoms with Gasteiger partial charge in [0.25, 0.3) is 10.0 Å². The number of amides is 1. The summed E-state index contributed by atoms with van der Waals surface area (Å²) >= 11 is 0. The molecule has 3 rings (SSSR count). The maximum absolute atomic E-state index is 13.5. The maximum atomic E-state index is 13.5. The minimum absolute atomic E-state index is 0.150. The van der Waals surface area contributed by atoms with Crippen LogP contribution in [-0.2, 0) is 21.2 Å². The predicted molar refractivity (Wildman–Crippen MR) is 129 cm³/mol. The third kappa shape index (κ3) is 5.19. The lowest BCUT2D eigenvalue weighted by Crippen LogP contribution is -2.42. The molecule has 3 aromatic rings. The molecule has 0 aromatic heterocycles. The summed E-state index contributed by atoms with van der Waals surface area (Å²) in [7, 11) is -3.93. The van der Waals surface area contributed by atoms with Crippen LogP contribution in [0.25, 0.3) is 0 Å². The molecule has 6 heteroatoms. The van der Waals surface area contributed by atoms with Crippen molar-refractivity contribution in [3.8, 4) is 0 Å². The third-order valence-corrected chi connectivity index (χ3v) is 7.50. The van der Waals surface area contributed by atoms with Crippen LogP contribution in [0.1, 0.15) is 42.1 Å². The highest BCUT2D eigenvalue weighted by molar-refractivity contribution is 7.92. The number of nitrogens with one attached hydrogen (secondary N) is 1. The Labute approximate surface area is 191 Å². The van der Waals surface area contributed by atoms with E-state index >= 15 is 0 Å². The molecular weight excluding hydrogens is 420 g/mol. The summed E-state index contributed by atoms with van der Waals surface area (Å²) in [5, 5.41) is 2.95. The molecule has 0 spiro atoms. The van der Waals surface area contributed by atoms with Crippen molar-refractivity contribution in [3.05, 3.63) is 95.1 Å². The second kappa shape index (κ2) is 10.0. The number of sulfonamides is 1. The molecule has 0 bridgehead atoms. The fourth-order valence-electron chi connectivity index (χ4n) is 3.57. The van der Waals surface area contributed by atoms with Crippen LogP contribution in [0.5, 0.6) is 0 Å². The molecule has 168 valence electrons. The molecule has 1 N–H and O–H groups in total. The van der Waals surface area contributed by atoms with E-state index in [9.17, 15) is 13.2 Å². The molecule has 1 atom stereocenters. The van der Waals surface area contributed by atoms with Crippen molar-refractivity contribution in [1.82, 2.24) is 5.32 Å². The molecule has 0 saturated heterocycles. The lowest BCUT2D eigenvalue weighted by Gasteiger charge is -2.27. The summed E-state index contributed by atoms with van der Waals surface area (Å²) in [6, 6.07) is 21.5. The number of hydrogen-bond donors (Lipinski definition) is 1. The van der Waals surface area contributed by atoms with E-state index in [2.05, 4.69) is 12.2 Å².